The van der Waals surface area contributed by atoms with Crippen molar-refractivity contribution in [3.8, 4) is 0 Å². The molecule has 0 bridgehead atoms. The van der Waals surface area contributed by atoms with Gasteiger partial charge in [-0.1, -0.05) is 6.92 Å². The molecular weight excluding hydrogens is 188 g/mol. The molecule has 0 saturated carbocycles. The first kappa shape index (κ1) is 9.62. The van der Waals surface area contributed by atoms with Gasteiger partial charge < -0.3 is 4.90 Å². The van der Waals surface area contributed by atoms with Crippen LogP contribution in [-0.4, -0.2) is 23.4 Å². The van der Waals surface area contributed by atoms with E-state index in [1.807, 2.05) is 6.92 Å². The number of hydrogen-bond acceptors (Lipinski definition) is 1. The molecule has 2 fully saturated rings. The van der Waals surface area contributed by atoms with Gasteiger partial charge in [0.05, 0.1) is 0 Å². The first-order valence-electron chi connectivity index (χ1n) is 4.98. The minimum atomic E-state index is -1.58. The molecule has 0 N–H and O–H groups in total. The van der Waals surface area contributed by atoms with E-state index in [2.05, 4.69) is 0 Å². The maximum atomic E-state index is 12.6. The molecule has 0 spiro atoms. The molecule has 0 radical (unpaired) electrons. The highest BCUT2D eigenvalue weighted by Gasteiger charge is 2.44. The van der Waals surface area contributed by atoms with Crippen molar-refractivity contribution in [1.29, 1.82) is 0 Å². The second-order valence-corrected chi connectivity index (χ2v) is 3.93. The van der Waals surface area contributed by atoms with Crippen molar-refractivity contribution in [2.75, 3.05) is 6.54 Å². The average molecular weight is 201 g/mol. The van der Waals surface area contributed by atoms with Gasteiger partial charge in [0.15, 0.2) is 0 Å². The molecule has 2 aliphatic rings. The van der Waals surface area contributed by atoms with Crippen LogP contribution in [0.3, 0.4) is 0 Å². The number of nitrogens with zero attached hydrogens (tertiary/aromatic N) is 1. The summed E-state index contributed by atoms with van der Waals surface area (Å²) in [6, 6.07) is 0.0454. The molecule has 2 atom stereocenters. The highest BCUT2D eigenvalue weighted by atomic mass is 19.3. The largest absolute Gasteiger partial charge is 0.335 e. The van der Waals surface area contributed by atoms with Crippen LogP contribution in [0.4, 0.5) is 8.78 Å². The molecule has 14 heavy (non-hydrogen) atoms. The van der Waals surface area contributed by atoms with E-state index in [-0.39, 0.29) is 30.0 Å². The van der Waals surface area contributed by atoms with E-state index in [9.17, 15) is 13.6 Å². The van der Waals surface area contributed by atoms with Crippen LogP contribution in [0.2, 0.25) is 0 Å². The third-order valence-electron chi connectivity index (χ3n) is 3.31. The number of carbonyl (C=O) groups is 1. The van der Waals surface area contributed by atoms with Crippen LogP contribution in [0.15, 0.2) is 11.7 Å². The summed E-state index contributed by atoms with van der Waals surface area (Å²) in [5.41, 5.74) is 0.186. The summed E-state index contributed by atoms with van der Waals surface area (Å²) >= 11 is 0. The fraction of sp³-hybridized carbons (Fsp3) is 0.700. The molecule has 0 aromatic carbocycles. The lowest BCUT2D eigenvalue weighted by Gasteiger charge is -2.18. The van der Waals surface area contributed by atoms with Crippen molar-refractivity contribution in [2.45, 2.75) is 32.2 Å². The summed E-state index contributed by atoms with van der Waals surface area (Å²) in [4.78, 5) is 13.0. The van der Waals surface area contributed by atoms with Crippen LogP contribution in [0.25, 0.3) is 0 Å². The summed E-state index contributed by atoms with van der Waals surface area (Å²) < 4.78 is 25.1. The molecule has 2 rings (SSSR count). The van der Waals surface area contributed by atoms with Gasteiger partial charge in [0.1, 0.15) is 0 Å². The fourth-order valence-electron chi connectivity index (χ4n) is 2.63. The third-order valence-corrected chi connectivity index (χ3v) is 3.31. The first-order chi connectivity index (χ1) is 6.65. The Hall–Kier alpha value is -0.930. The lowest BCUT2D eigenvalue weighted by molar-refractivity contribution is -0.127. The van der Waals surface area contributed by atoms with Crippen LogP contribution in [0.5, 0.6) is 0 Å². The number of amides is 1. The van der Waals surface area contributed by atoms with E-state index < -0.39 is 6.08 Å². The molecule has 0 aromatic rings. The van der Waals surface area contributed by atoms with Gasteiger partial charge in [-0.2, -0.15) is 8.78 Å². The quantitative estimate of drug-likeness (QED) is 0.636. The Morgan fingerprint density at radius 2 is 2.29 bits per heavy atom. The zero-order valence-corrected chi connectivity index (χ0v) is 8.09. The zero-order valence-electron chi connectivity index (χ0n) is 8.09. The maximum absolute atomic E-state index is 12.6. The smallest absolute Gasteiger partial charge is 0.271 e. The number of rotatable bonds is 1. The minimum Gasteiger partial charge on any atom is -0.335 e. The van der Waals surface area contributed by atoms with Crippen LogP contribution >= 0.6 is 0 Å². The Kier molecular flexibility index (Phi) is 2.29. The van der Waals surface area contributed by atoms with Crippen LogP contribution in [0, 0.1) is 5.92 Å². The van der Waals surface area contributed by atoms with Gasteiger partial charge in [0.2, 0.25) is 5.91 Å². The number of halogens is 2. The van der Waals surface area contributed by atoms with Crippen molar-refractivity contribution in [1.82, 2.24) is 4.90 Å². The molecule has 2 nitrogen and oxygen atoms in total. The molecule has 78 valence electrons. The van der Waals surface area contributed by atoms with E-state index in [1.54, 1.807) is 4.90 Å². The van der Waals surface area contributed by atoms with Gasteiger partial charge in [-0.05, 0) is 12.8 Å². The van der Waals surface area contributed by atoms with Gasteiger partial charge in [-0.15, -0.1) is 0 Å². The van der Waals surface area contributed by atoms with Gasteiger partial charge in [-0.3, -0.25) is 4.79 Å². The lowest BCUT2D eigenvalue weighted by atomic mass is 9.92. The van der Waals surface area contributed by atoms with Crippen molar-refractivity contribution in [3.63, 3.8) is 0 Å². The van der Waals surface area contributed by atoms with E-state index in [1.165, 1.54) is 0 Å². The lowest BCUT2D eigenvalue weighted by Crippen LogP contribution is -2.29. The molecule has 2 unspecified atom stereocenters. The van der Waals surface area contributed by atoms with Gasteiger partial charge in [0, 0.05) is 30.5 Å². The highest BCUT2D eigenvalue weighted by Crippen LogP contribution is 2.40. The first-order valence-corrected chi connectivity index (χ1v) is 4.98. The van der Waals surface area contributed by atoms with E-state index in [0.717, 1.165) is 6.42 Å². The monoisotopic (exact) mass is 201 g/mol. The summed E-state index contributed by atoms with van der Waals surface area (Å²) in [5, 5.41) is 0. The van der Waals surface area contributed by atoms with Gasteiger partial charge in [-0.25, -0.2) is 0 Å². The third kappa shape index (κ3) is 1.24. The summed E-state index contributed by atoms with van der Waals surface area (Å²) in [6.45, 7) is 2.06. The Bertz CT molecular complexity index is 296. The van der Waals surface area contributed by atoms with Crippen molar-refractivity contribution >= 4 is 5.91 Å². The molecular formula is C10H13F2NO. The van der Waals surface area contributed by atoms with E-state index >= 15 is 0 Å². The SMILES string of the molecule is CCC1C(=C(F)F)CN2C(=O)CCC12. The summed E-state index contributed by atoms with van der Waals surface area (Å²) in [7, 11) is 0. The molecule has 0 aliphatic carbocycles. The summed E-state index contributed by atoms with van der Waals surface area (Å²) in [6.07, 6.45) is 0.386. The highest BCUT2D eigenvalue weighted by molar-refractivity contribution is 5.80. The molecule has 2 aliphatic heterocycles. The predicted molar refractivity (Wildman–Crippen MR) is 47.8 cm³/mol. The normalized spacial score (nSPS) is 31.2. The van der Waals surface area contributed by atoms with Crippen LogP contribution < -0.4 is 0 Å². The number of fused-ring (bicyclic) bond motifs is 1. The standard InChI is InChI=1S/C10H13F2NO/c1-2-6-7(10(11)12)5-13-8(6)3-4-9(13)14/h6,8H,2-5H2,1H3. The molecule has 2 saturated heterocycles. The van der Waals surface area contributed by atoms with Gasteiger partial charge in [0.25, 0.3) is 6.08 Å². The number of hydrogen-bond donors (Lipinski definition) is 0. The van der Waals surface area contributed by atoms with Crippen molar-refractivity contribution in [3.05, 3.63) is 11.7 Å². The average Bonchev–Trinajstić information content (AvgIpc) is 2.66. The van der Waals surface area contributed by atoms with E-state index in [4.69, 9.17) is 0 Å². The second kappa shape index (κ2) is 3.33. The molecule has 0 aromatic heterocycles. The maximum Gasteiger partial charge on any atom is 0.271 e. The molecule has 2 heterocycles. The summed E-state index contributed by atoms with van der Waals surface area (Å²) in [5.74, 6) is -0.0730. The minimum absolute atomic E-state index is 0.0321. The Morgan fingerprint density at radius 1 is 1.57 bits per heavy atom. The zero-order chi connectivity index (χ0) is 10.3. The van der Waals surface area contributed by atoms with Crippen LogP contribution in [-0.2, 0) is 4.79 Å². The second-order valence-electron chi connectivity index (χ2n) is 3.93. The van der Waals surface area contributed by atoms with E-state index in [0.29, 0.717) is 12.8 Å². The Balaban J connectivity index is 2.29. The Morgan fingerprint density at radius 3 is 2.86 bits per heavy atom. The molecule has 4 heteroatoms. The predicted octanol–water partition coefficient (Wildman–Crippen LogP) is 2.17. The van der Waals surface area contributed by atoms with Gasteiger partial charge >= 0.3 is 0 Å². The van der Waals surface area contributed by atoms with Crippen molar-refractivity contribution < 1.29 is 13.6 Å². The molecule has 1 amide bonds. The number of carbonyl (C=O) groups excluding carboxylic acids is 1. The van der Waals surface area contributed by atoms with Crippen molar-refractivity contribution in [2.24, 2.45) is 5.92 Å². The van der Waals surface area contributed by atoms with Crippen LogP contribution in [0.1, 0.15) is 26.2 Å². The Labute approximate surface area is 81.6 Å². The fourth-order valence-corrected chi connectivity index (χ4v) is 2.63. The topological polar surface area (TPSA) is 20.3 Å².